The zero-order valence-electron chi connectivity index (χ0n) is 11.8. The van der Waals surface area contributed by atoms with Gasteiger partial charge in [0.05, 0.1) is 12.0 Å². The number of hydrogen-bond acceptors (Lipinski definition) is 3. The van der Waals surface area contributed by atoms with Crippen LogP contribution >= 0.6 is 11.3 Å². The quantitative estimate of drug-likeness (QED) is 0.890. The lowest BCUT2D eigenvalue weighted by atomic mass is 9.84. The SMILES string of the molecule is CC(C)C(NC(=O)C1CCCCC1N)c1cccs1. The Labute approximate surface area is 119 Å². The van der Waals surface area contributed by atoms with Gasteiger partial charge in [-0.05, 0) is 30.2 Å². The number of hydrogen-bond donors (Lipinski definition) is 2. The smallest absolute Gasteiger partial charge is 0.225 e. The molecular weight excluding hydrogens is 256 g/mol. The maximum atomic E-state index is 12.4. The van der Waals surface area contributed by atoms with Gasteiger partial charge in [0.1, 0.15) is 0 Å². The summed E-state index contributed by atoms with van der Waals surface area (Å²) in [6.07, 6.45) is 4.19. The summed E-state index contributed by atoms with van der Waals surface area (Å²) >= 11 is 1.70. The van der Waals surface area contributed by atoms with E-state index in [4.69, 9.17) is 5.73 Å². The van der Waals surface area contributed by atoms with Crippen LogP contribution in [-0.2, 0) is 4.79 Å². The largest absolute Gasteiger partial charge is 0.348 e. The number of amides is 1. The second kappa shape index (κ2) is 6.53. The lowest BCUT2D eigenvalue weighted by Gasteiger charge is -2.30. The first-order chi connectivity index (χ1) is 9.09. The van der Waals surface area contributed by atoms with Crippen molar-refractivity contribution in [3.05, 3.63) is 22.4 Å². The number of thiophene rings is 1. The van der Waals surface area contributed by atoms with E-state index in [0.29, 0.717) is 5.92 Å². The van der Waals surface area contributed by atoms with E-state index in [9.17, 15) is 4.79 Å². The van der Waals surface area contributed by atoms with Crippen molar-refractivity contribution in [3.8, 4) is 0 Å². The van der Waals surface area contributed by atoms with Crippen molar-refractivity contribution in [3.63, 3.8) is 0 Å². The fourth-order valence-corrected chi connectivity index (χ4v) is 3.73. The zero-order valence-corrected chi connectivity index (χ0v) is 12.6. The molecule has 3 nitrogen and oxygen atoms in total. The maximum Gasteiger partial charge on any atom is 0.225 e. The van der Waals surface area contributed by atoms with E-state index in [1.165, 1.54) is 4.88 Å². The molecule has 1 heterocycles. The van der Waals surface area contributed by atoms with E-state index in [1.807, 2.05) is 6.07 Å². The van der Waals surface area contributed by atoms with E-state index in [-0.39, 0.29) is 23.9 Å². The Balaban J connectivity index is 2.03. The summed E-state index contributed by atoms with van der Waals surface area (Å²) < 4.78 is 0. The lowest BCUT2D eigenvalue weighted by molar-refractivity contribution is -0.127. The topological polar surface area (TPSA) is 55.1 Å². The third-order valence-electron chi connectivity index (χ3n) is 3.97. The highest BCUT2D eigenvalue weighted by Gasteiger charge is 2.30. The summed E-state index contributed by atoms with van der Waals surface area (Å²) in [6.45, 7) is 4.29. The van der Waals surface area contributed by atoms with Gasteiger partial charge in [0, 0.05) is 10.9 Å². The average molecular weight is 280 g/mol. The molecule has 0 aliphatic heterocycles. The summed E-state index contributed by atoms with van der Waals surface area (Å²) in [7, 11) is 0. The highest BCUT2D eigenvalue weighted by molar-refractivity contribution is 7.10. The molecule has 0 spiro atoms. The third kappa shape index (κ3) is 3.57. The van der Waals surface area contributed by atoms with Crippen LogP contribution in [0.4, 0.5) is 0 Å². The van der Waals surface area contributed by atoms with Gasteiger partial charge in [-0.25, -0.2) is 0 Å². The molecule has 1 aromatic rings. The maximum absolute atomic E-state index is 12.4. The Hall–Kier alpha value is -0.870. The van der Waals surface area contributed by atoms with Crippen molar-refractivity contribution < 1.29 is 4.79 Å². The molecule has 19 heavy (non-hydrogen) atoms. The van der Waals surface area contributed by atoms with Gasteiger partial charge >= 0.3 is 0 Å². The number of nitrogens with one attached hydrogen (secondary N) is 1. The molecule has 3 atom stereocenters. The fraction of sp³-hybridized carbons (Fsp3) is 0.667. The Morgan fingerprint density at radius 2 is 2.16 bits per heavy atom. The highest BCUT2D eigenvalue weighted by Crippen LogP contribution is 2.28. The van der Waals surface area contributed by atoms with Crippen LogP contribution in [-0.4, -0.2) is 11.9 Å². The first-order valence-electron chi connectivity index (χ1n) is 7.19. The average Bonchev–Trinajstić information content (AvgIpc) is 2.89. The summed E-state index contributed by atoms with van der Waals surface area (Å²) in [4.78, 5) is 13.7. The van der Waals surface area contributed by atoms with Crippen LogP contribution in [0.2, 0.25) is 0 Å². The molecule has 1 fully saturated rings. The fourth-order valence-electron chi connectivity index (χ4n) is 2.78. The molecule has 1 aliphatic rings. The first kappa shape index (κ1) is 14.5. The minimum atomic E-state index is -0.00466. The van der Waals surface area contributed by atoms with Crippen LogP contribution in [0, 0.1) is 11.8 Å². The molecule has 2 rings (SSSR count). The van der Waals surface area contributed by atoms with Crippen molar-refractivity contribution >= 4 is 17.2 Å². The molecule has 3 N–H and O–H groups in total. The van der Waals surface area contributed by atoms with E-state index in [1.54, 1.807) is 11.3 Å². The van der Waals surface area contributed by atoms with Gasteiger partial charge in [0.25, 0.3) is 0 Å². The third-order valence-corrected chi connectivity index (χ3v) is 4.93. The second-order valence-electron chi connectivity index (χ2n) is 5.80. The molecule has 0 saturated heterocycles. The number of nitrogens with two attached hydrogens (primary N) is 1. The molecule has 0 radical (unpaired) electrons. The van der Waals surface area contributed by atoms with Gasteiger partial charge in [-0.2, -0.15) is 0 Å². The van der Waals surface area contributed by atoms with E-state index < -0.39 is 0 Å². The van der Waals surface area contributed by atoms with Crippen LogP contribution in [0.25, 0.3) is 0 Å². The van der Waals surface area contributed by atoms with E-state index >= 15 is 0 Å². The van der Waals surface area contributed by atoms with Gasteiger partial charge < -0.3 is 11.1 Å². The first-order valence-corrected chi connectivity index (χ1v) is 8.07. The molecule has 0 aromatic carbocycles. The molecule has 1 aromatic heterocycles. The van der Waals surface area contributed by atoms with Crippen molar-refractivity contribution in [1.29, 1.82) is 0 Å². The Bertz CT molecular complexity index is 402. The predicted octanol–water partition coefficient (Wildman–Crippen LogP) is 3.08. The van der Waals surface area contributed by atoms with Gasteiger partial charge in [0.2, 0.25) is 5.91 Å². The molecule has 1 amide bonds. The second-order valence-corrected chi connectivity index (χ2v) is 6.78. The van der Waals surface area contributed by atoms with Crippen LogP contribution in [0.3, 0.4) is 0 Å². The van der Waals surface area contributed by atoms with Crippen LogP contribution in [0.15, 0.2) is 17.5 Å². The van der Waals surface area contributed by atoms with Crippen molar-refractivity contribution in [2.45, 2.75) is 51.6 Å². The molecular formula is C15H24N2OS. The summed E-state index contributed by atoms with van der Waals surface area (Å²) in [5, 5.41) is 5.27. The summed E-state index contributed by atoms with van der Waals surface area (Å²) in [5.41, 5.74) is 6.09. The molecule has 1 aliphatic carbocycles. The van der Waals surface area contributed by atoms with Gasteiger partial charge in [-0.3, -0.25) is 4.79 Å². The predicted molar refractivity (Wildman–Crippen MR) is 80.0 cm³/mol. The molecule has 106 valence electrons. The molecule has 1 saturated carbocycles. The summed E-state index contributed by atoms with van der Waals surface area (Å²) in [5.74, 6) is 0.525. The Kier molecular flexibility index (Phi) is 4.99. The highest BCUT2D eigenvalue weighted by atomic mass is 32.1. The lowest BCUT2D eigenvalue weighted by Crippen LogP contribution is -2.45. The van der Waals surface area contributed by atoms with Gasteiger partial charge in [0.15, 0.2) is 0 Å². The number of carbonyl (C=O) groups excluding carboxylic acids is 1. The van der Waals surface area contributed by atoms with E-state index in [0.717, 1.165) is 25.7 Å². The zero-order chi connectivity index (χ0) is 13.8. The monoisotopic (exact) mass is 280 g/mol. The standard InChI is InChI=1S/C15H24N2OS/c1-10(2)14(13-8-5-9-19-13)17-15(18)11-6-3-4-7-12(11)16/h5,8-12,14H,3-4,6-7,16H2,1-2H3,(H,17,18). The van der Waals surface area contributed by atoms with E-state index in [2.05, 4.69) is 30.6 Å². The number of rotatable bonds is 4. The molecule has 3 unspecified atom stereocenters. The minimum Gasteiger partial charge on any atom is -0.348 e. The molecule has 4 heteroatoms. The van der Waals surface area contributed by atoms with Crippen molar-refractivity contribution in [1.82, 2.24) is 5.32 Å². The van der Waals surface area contributed by atoms with Crippen molar-refractivity contribution in [2.75, 3.05) is 0 Å². The number of carbonyl (C=O) groups is 1. The normalized spacial score (nSPS) is 25.3. The Morgan fingerprint density at radius 3 is 2.74 bits per heavy atom. The van der Waals surface area contributed by atoms with Crippen molar-refractivity contribution in [2.24, 2.45) is 17.6 Å². The summed E-state index contributed by atoms with van der Waals surface area (Å²) in [6, 6.07) is 4.27. The van der Waals surface area contributed by atoms with Gasteiger partial charge in [-0.1, -0.05) is 32.8 Å². The molecule has 0 bridgehead atoms. The Morgan fingerprint density at radius 1 is 1.42 bits per heavy atom. The van der Waals surface area contributed by atoms with Crippen LogP contribution in [0.1, 0.15) is 50.4 Å². The minimum absolute atomic E-state index is 0.00466. The van der Waals surface area contributed by atoms with Crippen LogP contribution in [0.5, 0.6) is 0 Å². The van der Waals surface area contributed by atoms with Gasteiger partial charge in [-0.15, -0.1) is 11.3 Å². The van der Waals surface area contributed by atoms with Crippen LogP contribution < -0.4 is 11.1 Å².